The van der Waals surface area contributed by atoms with Gasteiger partial charge in [-0.25, -0.2) is 4.79 Å². The summed E-state index contributed by atoms with van der Waals surface area (Å²) >= 11 is 0. The molecule has 5 rings (SSSR count). The van der Waals surface area contributed by atoms with E-state index in [0.29, 0.717) is 40.9 Å². The molecule has 0 amide bonds. The fraction of sp³-hybridized carbons (Fsp3) is 0.355. The van der Waals surface area contributed by atoms with Crippen LogP contribution in [0.1, 0.15) is 54.4 Å². The Bertz CT molecular complexity index is 1400. The van der Waals surface area contributed by atoms with Crippen LogP contribution in [0.15, 0.2) is 54.6 Å². The van der Waals surface area contributed by atoms with Crippen molar-refractivity contribution in [1.29, 1.82) is 0 Å². The number of carboxylic acid groups (broad SMARTS) is 1. The Kier molecular flexibility index (Phi) is 8.00. The Morgan fingerprint density at radius 3 is 2.40 bits per heavy atom. The van der Waals surface area contributed by atoms with Gasteiger partial charge in [0.05, 0.1) is 26.2 Å². The molecule has 3 aromatic carbocycles. The molecule has 40 heavy (non-hydrogen) atoms. The molecule has 0 bridgehead atoms. The molecule has 2 aliphatic rings. The highest BCUT2D eigenvalue weighted by Gasteiger charge is 2.48. The van der Waals surface area contributed by atoms with E-state index in [1.807, 2.05) is 43.3 Å². The summed E-state index contributed by atoms with van der Waals surface area (Å²) in [5, 5.41) is 10.7. The lowest BCUT2D eigenvalue weighted by molar-refractivity contribution is -0.145. The second-order valence-electron chi connectivity index (χ2n) is 9.57. The fourth-order valence-corrected chi connectivity index (χ4v) is 5.50. The summed E-state index contributed by atoms with van der Waals surface area (Å²) in [5.41, 5.74) is 3.10. The molecule has 9 heteroatoms. The number of rotatable bonds is 11. The third-order valence-electron chi connectivity index (χ3n) is 7.17. The summed E-state index contributed by atoms with van der Waals surface area (Å²) in [6, 6.07) is 16.5. The first-order valence-electron chi connectivity index (χ1n) is 13.3. The van der Waals surface area contributed by atoms with Crippen molar-refractivity contribution in [1.82, 2.24) is 0 Å². The van der Waals surface area contributed by atoms with Gasteiger partial charge in [0.1, 0.15) is 17.2 Å². The van der Waals surface area contributed by atoms with Crippen molar-refractivity contribution < 1.29 is 43.1 Å². The summed E-state index contributed by atoms with van der Waals surface area (Å²) in [4.78, 5) is 25.2. The van der Waals surface area contributed by atoms with E-state index in [1.54, 1.807) is 25.1 Å². The molecule has 1 aliphatic heterocycles. The first-order valence-corrected chi connectivity index (χ1v) is 13.3. The van der Waals surface area contributed by atoms with Gasteiger partial charge in [-0.15, -0.1) is 0 Å². The minimum Gasteiger partial charge on any atom is -0.497 e. The highest BCUT2D eigenvalue weighted by Crippen LogP contribution is 2.56. The summed E-state index contributed by atoms with van der Waals surface area (Å²) < 4.78 is 33.4. The van der Waals surface area contributed by atoms with Crippen molar-refractivity contribution in [3.8, 4) is 28.7 Å². The molecule has 210 valence electrons. The topological polar surface area (TPSA) is 110 Å². The van der Waals surface area contributed by atoms with E-state index < -0.39 is 29.7 Å². The first-order chi connectivity index (χ1) is 19.4. The summed E-state index contributed by atoms with van der Waals surface area (Å²) in [6.45, 7) is 4.30. The van der Waals surface area contributed by atoms with Gasteiger partial charge in [-0.05, 0) is 60.4 Å². The molecule has 1 heterocycles. The van der Waals surface area contributed by atoms with E-state index in [4.69, 9.17) is 28.4 Å². The molecule has 0 saturated carbocycles. The lowest BCUT2D eigenvalue weighted by atomic mass is 9.79. The Morgan fingerprint density at radius 1 is 0.875 bits per heavy atom. The van der Waals surface area contributed by atoms with E-state index in [2.05, 4.69) is 0 Å². The maximum Gasteiger partial charge on any atom is 0.344 e. The van der Waals surface area contributed by atoms with Crippen LogP contribution in [0.25, 0.3) is 0 Å². The second kappa shape index (κ2) is 11.8. The zero-order chi connectivity index (χ0) is 28.2. The first kappa shape index (κ1) is 27.2. The van der Waals surface area contributed by atoms with Gasteiger partial charge in [-0.3, -0.25) is 4.79 Å². The largest absolute Gasteiger partial charge is 0.497 e. The average molecular weight is 549 g/mol. The van der Waals surface area contributed by atoms with E-state index in [1.165, 1.54) is 7.11 Å². The number of esters is 1. The van der Waals surface area contributed by atoms with Crippen molar-refractivity contribution in [2.45, 2.75) is 32.1 Å². The number of ether oxygens (including phenoxy) is 6. The maximum atomic E-state index is 13.1. The van der Waals surface area contributed by atoms with Gasteiger partial charge in [-0.1, -0.05) is 25.1 Å². The van der Waals surface area contributed by atoms with Gasteiger partial charge in [-0.2, -0.15) is 0 Å². The molecular formula is C31H32O9. The number of hydrogen-bond acceptors (Lipinski definition) is 8. The SMILES string of the molecule is CCCOc1ccc2c(c1)[C@@H](c1ccc(OC)cc1OCC(=O)OCC)[C@@H](C(=O)O)[C@H]2c1ccc2c(c1)OCO2. The third kappa shape index (κ3) is 5.23. The zero-order valence-corrected chi connectivity index (χ0v) is 22.7. The number of methoxy groups -OCH3 is 1. The van der Waals surface area contributed by atoms with Crippen molar-refractivity contribution in [2.75, 3.05) is 33.7 Å². The highest BCUT2D eigenvalue weighted by atomic mass is 16.7. The Labute approximate surface area is 232 Å². The highest BCUT2D eigenvalue weighted by molar-refractivity contribution is 5.79. The normalized spacial score (nSPS) is 18.6. The molecule has 1 N–H and O–H groups in total. The van der Waals surface area contributed by atoms with Crippen molar-refractivity contribution in [3.63, 3.8) is 0 Å². The Hall–Kier alpha value is -4.40. The van der Waals surface area contributed by atoms with Crippen LogP contribution in [-0.4, -0.2) is 50.8 Å². The standard InChI is InChI=1S/C31H32O9/c1-4-12-37-20-8-9-21-23(14-20)29(22-10-7-19(35-3)15-25(22)38-16-27(32)36-5-2)30(31(33)34)28(21)18-6-11-24-26(13-18)40-17-39-24/h6-11,13-15,28-30H,4-5,12,16-17H2,1-3H3,(H,33,34)/t28-,29+,30-/m0/s1. The fourth-order valence-electron chi connectivity index (χ4n) is 5.50. The predicted molar refractivity (Wildman–Crippen MR) is 145 cm³/mol. The van der Waals surface area contributed by atoms with E-state index in [9.17, 15) is 14.7 Å². The lowest BCUT2D eigenvalue weighted by Gasteiger charge is -2.25. The number of carbonyl (C=O) groups is 2. The minimum atomic E-state index is -0.966. The lowest BCUT2D eigenvalue weighted by Crippen LogP contribution is -2.24. The predicted octanol–water partition coefficient (Wildman–Crippen LogP) is 5.13. The van der Waals surface area contributed by atoms with E-state index >= 15 is 0 Å². The van der Waals surface area contributed by atoms with Crippen LogP contribution in [0.3, 0.4) is 0 Å². The van der Waals surface area contributed by atoms with Gasteiger partial charge in [0.15, 0.2) is 18.1 Å². The molecule has 3 aromatic rings. The van der Waals surface area contributed by atoms with Crippen LogP contribution in [-0.2, 0) is 14.3 Å². The van der Waals surface area contributed by atoms with E-state index in [0.717, 1.165) is 23.1 Å². The molecule has 0 fully saturated rings. The monoisotopic (exact) mass is 548 g/mol. The Morgan fingerprint density at radius 2 is 1.65 bits per heavy atom. The smallest absolute Gasteiger partial charge is 0.344 e. The van der Waals surface area contributed by atoms with Gasteiger partial charge < -0.3 is 33.5 Å². The van der Waals surface area contributed by atoms with Gasteiger partial charge in [0, 0.05) is 23.5 Å². The van der Waals surface area contributed by atoms with Crippen LogP contribution in [0, 0.1) is 5.92 Å². The molecule has 0 unspecified atom stereocenters. The quantitative estimate of drug-likeness (QED) is 0.326. The molecule has 0 saturated heterocycles. The van der Waals surface area contributed by atoms with Crippen LogP contribution in [0.5, 0.6) is 28.7 Å². The van der Waals surface area contributed by atoms with E-state index in [-0.39, 0.29) is 20.0 Å². The van der Waals surface area contributed by atoms with Crippen molar-refractivity contribution >= 4 is 11.9 Å². The number of benzene rings is 3. The molecule has 9 nitrogen and oxygen atoms in total. The van der Waals surface area contributed by atoms with Crippen LogP contribution < -0.4 is 23.7 Å². The summed E-state index contributed by atoms with van der Waals surface area (Å²) in [5.74, 6) is -0.766. The Balaban J connectivity index is 1.65. The molecule has 3 atom stereocenters. The van der Waals surface area contributed by atoms with Gasteiger partial charge >= 0.3 is 11.9 Å². The number of carbonyl (C=O) groups excluding carboxylic acids is 1. The molecule has 1 aliphatic carbocycles. The van der Waals surface area contributed by atoms with Crippen LogP contribution in [0.2, 0.25) is 0 Å². The van der Waals surface area contributed by atoms with Crippen molar-refractivity contribution in [3.05, 3.63) is 76.9 Å². The van der Waals surface area contributed by atoms with Gasteiger partial charge in [0.25, 0.3) is 0 Å². The number of hydrogen-bond donors (Lipinski definition) is 1. The number of carboxylic acids is 1. The summed E-state index contributed by atoms with van der Waals surface area (Å²) in [6.07, 6.45) is 0.836. The molecular weight excluding hydrogens is 516 g/mol. The minimum absolute atomic E-state index is 0.121. The van der Waals surface area contributed by atoms with Crippen LogP contribution >= 0.6 is 0 Å². The van der Waals surface area contributed by atoms with Crippen LogP contribution in [0.4, 0.5) is 0 Å². The zero-order valence-electron chi connectivity index (χ0n) is 22.7. The number of fused-ring (bicyclic) bond motifs is 2. The average Bonchev–Trinajstić information content (AvgIpc) is 3.57. The number of aliphatic carboxylic acids is 1. The maximum absolute atomic E-state index is 13.1. The summed E-state index contributed by atoms with van der Waals surface area (Å²) in [7, 11) is 1.53. The molecule has 0 spiro atoms. The third-order valence-corrected chi connectivity index (χ3v) is 7.17. The van der Waals surface area contributed by atoms with Gasteiger partial charge in [0.2, 0.25) is 6.79 Å². The molecule has 0 aromatic heterocycles. The van der Waals surface area contributed by atoms with Crippen molar-refractivity contribution in [2.24, 2.45) is 5.92 Å². The molecule has 0 radical (unpaired) electrons. The second-order valence-corrected chi connectivity index (χ2v) is 9.57.